The molecule has 2 unspecified atom stereocenters. The summed E-state index contributed by atoms with van der Waals surface area (Å²) in [6.45, 7) is 10.5. The normalized spacial score (nSPS) is 27.0. The van der Waals surface area contributed by atoms with E-state index in [9.17, 15) is 4.79 Å². The number of aromatic nitrogens is 2. The average molecular weight is 436 g/mol. The van der Waals surface area contributed by atoms with Gasteiger partial charge in [0.15, 0.2) is 0 Å². The van der Waals surface area contributed by atoms with E-state index in [-0.39, 0.29) is 11.7 Å². The van der Waals surface area contributed by atoms with E-state index in [1.807, 2.05) is 17.9 Å². The van der Waals surface area contributed by atoms with E-state index in [1.165, 1.54) is 0 Å². The van der Waals surface area contributed by atoms with E-state index in [2.05, 4.69) is 77.2 Å². The van der Waals surface area contributed by atoms with Gasteiger partial charge in [-0.2, -0.15) is 0 Å². The van der Waals surface area contributed by atoms with Crippen molar-refractivity contribution in [2.75, 3.05) is 13.1 Å². The topological polar surface area (TPSA) is 52.9 Å². The summed E-state index contributed by atoms with van der Waals surface area (Å²) in [5.74, 6) is 0.166. The third-order valence-corrected chi connectivity index (χ3v) is 7.71. The van der Waals surface area contributed by atoms with E-state index < -0.39 is 0 Å². The van der Waals surface area contributed by atoms with E-state index in [1.54, 1.807) is 0 Å². The molecule has 1 saturated heterocycles. The number of nitrogens with zero attached hydrogens (tertiary/aromatic N) is 4. The number of nitrogens with one attached hydrogen (secondary N) is 1. The summed E-state index contributed by atoms with van der Waals surface area (Å²) < 4.78 is 2.15. The standard InChI is InChI=1S/C24H30N5OP/c1-5-20-21-8-18(13-28(21)12-17(4)26-20)22-9-23(30)29-14-19(6-7-24(29)31-22)27-10-15(2)25-16(3)11-27/h6-9,12-16,24-25,31H,5,10-11H2,1-4H3/t15-,16+,24?. The lowest BCUT2D eigenvalue weighted by molar-refractivity contribution is -0.123. The highest BCUT2D eigenvalue weighted by molar-refractivity contribution is 7.51. The molecule has 1 fully saturated rings. The van der Waals surface area contributed by atoms with Crippen LogP contribution >= 0.6 is 8.58 Å². The van der Waals surface area contributed by atoms with Crippen LogP contribution in [0.5, 0.6) is 0 Å². The van der Waals surface area contributed by atoms with Crippen LogP contribution in [0.4, 0.5) is 0 Å². The minimum atomic E-state index is 0.0668. The Morgan fingerprint density at radius 1 is 1.23 bits per heavy atom. The third-order valence-electron chi connectivity index (χ3n) is 6.20. The molecule has 4 atom stereocenters. The summed E-state index contributed by atoms with van der Waals surface area (Å²) in [6, 6.07) is 3.07. The van der Waals surface area contributed by atoms with Crippen molar-refractivity contribution in [1.29, 1.82) is 0 Å². The van der Waals surface area contributed by atoms with Gasteiger partial charge in [0.25, 0.3) is 5.91 Å². The van der Waals surface area contributed by atoms with Crippen molar-refractivity contribution in [3.8, 4) is 0 Å². The maximum absolute atomic E-state index is 13.1. The molecular weight excluding hydrogens is 405 g/mol. The van der Waals surface area contributed by atoms with Gasteiger partial charge in [0.05, 0.1) is 28.4 Å². The lowest BCUT2D eigenvalue weighted by Gasteiger charge is -2.41. The number of hydrogen-bond acceptors (Lipinski definition) is 4. The number of carbonyl (C=O) groups excluding carboxylic acids is 1. The van der Waals surface area contributed by atoms with E-state index >= 15 is 0 Å². The molecular formula is C24H30N5OP. The maximum Gasteiger partial charge on any atom is 0.252 e. The van der Waals surface area contributed by atoms with Gasteiger partial charge in [0.1, 0.15) is 0 Å². The molecule has 3 aliphatic heterocycles. The Balaban J connectivity index is 1.42. The van der Waals surface area contributed by atoms with E-state index in [0.29, 0.717) is 20.7 Å². The SMILES string of the molecule is CCc1nc(C)cn2cc(C3=CC(=O)N4C=C(N5C[C@@H](C)N[C@@H](C)C5)C=CC4P3)cc12. The Morgan fingerprint density at radius 2 is 2.00 bits per heavy atom. The summed E-state index contributed by atoms with van der Waals surface area (Å²) in [5, 5.41) is 4.70. The highest BCUT2D eigenvalue weighted by Gasteiger charge is 2.31. The van der Waals surface area contributed by atoms with Crippen molar-refractivity contribution < 1.29 is 4.79 Å². The first kappa shape index (κ1) is 20.5. The molecule has 2 aromatic rings. The molecule has 7 heteroatoms. The molecule has 1 amide bonds. The number of carbonyl (C=O) groups is 1. The Hall–Kier alpha value is -2.43. The quantitative estimate of drug-likeness (QED) is 0.750. The summed E-state index contributed by atoms with van der Waals surface area (Å²) in [5.41, 5.74) is 5.50. The van der Waals surface area contributed by atoms with Gasteiger partial charge >= 0.3 is 0 Å². The third kappa shape index (κ3) is 3.83. The minimum absolute atomic E-state index is 0.0668. The number of hydrogen-bond donors (Lipinski definition) is 1. The fourth-order valence-electron chi connectivity index (χ4n) is 4.88. The minimum Gasteiger partial charge on any atom is -0.367 e. The number of allylic oxidation sites excluding steroid dienone is 1. The Kier molecular flexibility index (Phi) is 5.23. The molecule has 0 bridgehead atoms. The fraction of sp³-hybridized carbons (Fsp3) is 0.417. The van der Waals surface area contributed by atoms with Crippen molar-refractivity contribution >= 4 is 25.3 Å². The zero-order valence-electron chi connectivity index (χ0n) is 18.6. The predicted octanol–water partition coefficient (Wildman–Crippen LogP) is 3.49. The molecule has 162 valence electrons. The highest BCUT2D eigenvalue weighted by Crippen LogP contribution is 2.45. The van der Waals surface area contributed by atoms with Crippen LogP contribution in [0.25, 0.3) is 10.8 Å². The molecule has 0 spiro atoms. The second-order valence-corrected chi connectivity index (χ2v) is 10.3. The van der Waals surface area contributed by atoms with Crippen LogP contribution in [-0.2, 0) is 11.2 Å². The van der Waals surface area contributed by atoms with Gasteiger partial charge < -0.3 is 19.5 Å². The zero-order valence-corrected chi connectivity index (χ0v) is 19.6. The maximum atomic E-state index is 13.1. The number of aryl methyl sites for hydroxylation is 2. The smallest absolute Gasteiger partial charge is 0.252 e. The van der Waals surface area contributed by atoms with Crippen molar-refractivity contribution in [1.82, 2.24) is 24.5 Å². The summed E-state index contributed by atoms with van der Waals surface area (Å²) in [7, 11) is 0.524. The molecule has 5 rings (SSSR count). The van der Waals surface area contributed by atoms with Crippen LogP contribution in [0.15, 0.2) is 48.6 Å². The molecule has 0 aliphatic carbocycles. The van der Waals surface area contributed by atoms with Crippen molar-refractivity contribution in [2.24, 2.45) is 0 Å². The molecule has 1 N–H and O–H groups in total. The molecule has 31 heavy (non-hydrogen) atoms. The summed E-state index contributed by atoms with van der Waals surface area (Å²) >= 11 is 0. The molecule has 0 radical (unpaired) electrons. The van der Waals surface area contributed by atoms with Gasteiger partial charge in [-0.1, -0.05) is 21.6 Å². The summed E-state index contributed by atoms with van der Waals surface area (Å²) in [6.07, 6.45) is 13.4. The first-order valence-corrected chi connectivity index (χ1v) is 12.2. The van der Waals surface area contributed by atoms with Gasteiger partial charge in [-0.25, -0.2) is 0 Å². The van der Waals surface area contributed by atoms with Crippen molar-refractivity contribution in [2.45, 2.75) is 52.0 Å². The zero-order chi connectivity index (χ0) is 21.7. The van der Waals surface area contributed by atoms with Gasteiger partial charge in [-0.15, -0.1) is 0 Å². The Morgan fingerprint density at radius 3 is 2.74 bits per heavy atom. The van der Waals surface area contributed by atoms with Crippen LogP contribution in [0.1, 0.15) is 37.7 Å². The average Bonchev–Trinajstić information content (AvgIpc) is 3.16. The van der Waals surface area contributed by atoms with Crippen LogP contribution in [-0.4, -0.2) is 56.0 Å². The first-order valence-electron chi connectivity index (χ1n) is 11.1. The molecule has 6 nitrogen and oxygen atoms in total. The van der Waals surface area contributed by atoms with Gasteiger partial charge in [0, 0.05) is 55.4 Å². The van der Waals surface area contributed by atoms with Crippen LogP contribution in [0.2, 0.25) is 0 Å². The van der Waals surface area contributed by atoms with E-state index in [4.69, 9.17) is 0 Å². The molecule has 2 aromatic heterocycles. The van der Waals surface area contributed by atoms with Crippen molar-refractivity contribution in [3.05, 3.63) is 65.5 Å². The highest BCUT2D eigenvalue weighted by atomic mass is 31.1. The second kappa shape index (κ2) is 7.92. The van der Waals surface area contributed by atoms with Gasteiger partial charge in [-0.05, 0) is 44.6 Å². The van der Waals surface area contributed by atoms with Gasteiger partial charge in [-0.3, -0.25) is 9.78 Å². The van der Waals surface area contributed by atoms with Crippen molar-refractivity contribution in [3.63, 3.8) is 0 Å². The summed E-state index contributed by atoms with van der Waals surface area (Å²) in [4.78, 5) is 22.1. The Labute approximate surface area is 185 Å². The number of rotatable bonds is 3. The number of fused-ring (bicyclic) bond motifs is 2. The predicted molar refractivity (Wildman–Crippen MR) is 127 cm³/mol. The van der Waals surface area contributed by atoms with E-state index in [0.717, 1.165) is 53.0 Å². The number of piperazine rings is 1. The number of amides is 1. The Bertz CT molecular complexity index is 1120. The fourth-order valence-corrected chi connectivity index (χ4v) is 6.24. The largest absolute Gasteiger partial charge is 0.367 e. The molecule has 3 aliphatic rings. The lowest BCUT2D eigenvalue weighted by atomic mass is 10.1. The molecule has 0 saturated carbocycles. The monoisotopic (exact) mass is 435 g/mol. The van der Waals surface area contributed by atoms with Crippen LogP contribution < -0.4 is 5.32 Å². The second-order valence-electron chi connectivity index (χ2n) is 8.88. The van der Waals surface area contributed by atoms with Crippen LogP contribution in [0.3, 0.4) is 0 Å². The molecule has 5 heterocycles. The van der Waals surface area contributed by atoms with Gasteiger partial charge in [0.2, 0.25) is 0 Å². The molecule has 0 aromatic carbocycles. The first-order chi connectivity index (χ1) is 14.9. The lowest BCUT2D eigenvalue weighted by Crippen LogP contribution is -2.54. The van der Waals surface area contributed by atoms with Crippen LogP contribution in [0, 0.1) is 6.92 Å².